The van der Waals surface area contributed by atoms with E-state index in [4.69, 9.17) is 21.7 Å². The SMILES string of the molecule is COc1cccc(SC(=N)N(CCc2ccc(Cl)cc2)Cc2ccccc2)c1.Cc1cccc(C)c1. The zero-order valence-electron chi connectivity index (χ0n) is 21.1. The molecule has 0 aliphatic heterocycles. The number of nitrogens with one attached hydrogen (secondary N) is 1. The third kappa shape index (κ3) is 9.44. The zero-order chi connectivity index (χ0) is 25.8. The first-order valence-corrected chi connectivity index (χ1v) is 13.1. The number of hydrogen-bond acceptors (Lipinski definition) is 3. The van der Waals surface area contributed by atoms with Gasteiger partial charge in [0.15, 0.2) is 5.17 Å². The van der Waals surface area contributed by atoms with Crippen LogP contribution < -0.4 is 4.74 Å². The fraction of sp³-hybridized carbons (Fsp3) is 0.194. The van der Waals surface area contributed by atoms with Gasteiger partial charge in [0, 0.05) is 23.0 Å². The van der Waals surface area contributed by atoms with Gasteiger partial charge in [-0.3, -0.25) is 5.41 Å². The largest absolute Gasteiger partial charge is 0.497 e. The summed E-state index contributed by atoms with van der Waals surface area (Å²) in [7, 11) is 1.66. The summed E-state index contributed by atoms with van der Waals surface area (Å²) in [4.78, 5) is 3.10. The minimum atomic E-state index is 0.520. The number of aryl methyl sites for hydroxylation is 2. The molecule has 4 aromatic rings. The van der Waals surface area contributed by atoms with E-state index in [-0.39, 0.29) is 0 Å². The van der Waals surface area contributed by atoms with E-state index in [1.54, 1.807) is 7.11 Å². The van der Waals surface area contributed by atoms with E-state index in [1.165, 1.54) is 34.0 Å². The molecule has 186 valence electrons. The predicted octanol–water partition coefficient (Wildman–Crippen LogP) is 8.42. The summed E-state index contributed by atoms with van der Waals surface area (Å²) >= 11 is 7.44. The summed E-state index contributed by atoms with van der Waals surface area (Å²) in [6.45, 7) is 5.66. The smallest absolute Gasteiger partial charge is 0.161 e. The molecule has 1 N–H and O–H groups in total. The van der Waals surface area contributed by atoms with Crippen molar-refractivity contribution in [1.82, 2.24) is 4.90 Å². The van der Waals surface area contributed by atoms with E-state index in [2.05, 4.69) is 55.1 Å². The fourth-order valence-electron chi connectivity index (χ4n) is 3.62. The number of methoxy groups -OCH3 is 1. The van der Waals surface area contributed by atoms with Gasteiger partial charge in [0.1, 0.15) is 5.75 Å². The van der Waals surface area contributed by atoms with E-state index >= 15 is 0 Å². The molecule has 0 fully saturated rings. The highest BCUT2D eigenvalue weighted by atomic mass is 35.5. The molecule has 5 heteroatoms. The van der Waals surface area contributed by atoms with E-state index in [9.17, 15) is 0 Å². The molecule has 4 rings (SSSR count). The zero-order valence-corrected chi connectivity index (χ0v) is 22.7. The number of thioether (sulfide) groups is 1. The monoisotopic (exact) mass is 516 g/mol. The van der Waals surface area contributed by atoms with Crippen LogP contribution in [0.3, 0.4) is 0 Å². The second-order valence-electron chi connectivity index (χ2n) is 8.53. The highest BCUT2D eigenvalue weighted by Gasteiger charge is 2.13. The van der Waals surface area contributed by atoms with Gasteiger partial charge in [-0.1, -0.05) is 107 Å². The molecule has 0 aliphatic carbocycles. The van der Waals surface area contributed by atoms with Gasteiger partial charge in [0.05, 0.1) is 7.11 Å². The lowest BCUT2D eigenvalue weighted by Crippen LogP contribution is -2.30. The fourth-order valence-corrected chi connectivity index (χ4v) is 4.58. The van der Waals surface area contributed by atoms with Crippen LogP contribution in [0.1, 0.15) is 22.3 Å². The molecule has 0 saturated heterocycles. The van der Waals surface area contributed by atoms with Crippen LogP contribution in [0.2, 0.25) is 5.02 Å². The number of nitrogens with zero attached hydrogens (tertiary/aromatic N) is 1. The minimum Gasteiger partial charge on any atom is -0.497 e. The Balaban J connectivity index is 0.000000383. The van der Waals surface area contributed by atoms with Crippen LogP contribution in [-0.4, -0.2) is 23.7 Å². The molecule has 3 nitrogen and oxygen atoms in total. The minimum absolute atomic E-state index is 0.520. The third-order valence-corrected chi connectivity index (χ3v) is 6.71. The molecule has 0 bridgehead atoms. The molecule has 36 heavy (non-hydrogen) atoms. The van der Waals surface area contributed by atoms with Crippen molar-refractivity contribution in [1.29, 1.82) is 5.41 Å². The number of amidine groups is 1. The van der Waals surface area contributed by atoms with E-state index < -0.39 is 0 Å². The standard InChI is InChI=1S/C23H23ClN2OS.C8H10/c1-27-21-8-5-9-22(16-21)28-23(25)26(17-19-6-3-2-4-7-19)15-14-18-10-12-20(24)13-11-18;1-7-4-3-5-8(2)6-7/h2-13,16,25H,14-15,17H2,1H3;3-6H,1-2H3. The number of rotatable bonds is 7. The van der Waals surface area contributed by atoms with Crippen molar-refractivity contribution in [3.63, 3.8) is 0 Å². The lowest BCUT2D eigenvalue weighted by atomic mass is 10.1. The van der Waals surface area contributed by atoms with Crippen molar-refractivity contribution < 1.29 is 4.74 Å². The molecule has 4 aromatic carbocycles. The summed E-state index contributed by atoms with van der Waals surface area (Å²) in [5.41, 5.74) is 5.08. The Morgan fingerprint density at radius 2 is 1.47 bits per heavy atom. The molecule has 0 aliphatic rings. The van der Waals surface area contributed by atoms with Gasteiger partial charge in [-0.15, -0.1) is 0 Å². The van der Waals surface area contributed by atoms with Crippen LogP contribution >= 0.6 is 23.4 Å². The molecule has 0 aromatic heterocycles. The van der Waals surface area contributed by atoms with Crippen molar-refractivity contribution in [3.8, 4) is 5.75 Å². The van der Waals surface area contributed by atoms with Crippen molar-refractivity contribution in [2.75, 3.05) is 13.7 Å². The number of halogens is 1. The summed E-state index contributed by atoms with van der Waals surface area (Å²) in [6, 6.07) is 34.4. The van der Waals surface area contributed by atoms with Gasteiger partial charge in [-0.05, 0) is 61.7 Å². The van der Waals surface area contributed by atoms with Crippen LogP contribution in [0, 0.1) is 19.3 Å². The molecule has 0 amide bonds. The normalized spacial score (nSPS) is 10.2. The van der Waals surface area contributed by atoms with Gasteiger partial charge in [-0.25, -0.2) is 0 Å². The molecule has 0 spiro atoms. The van der Waals surface area contributed by atoms with Crippen molar-refractivity contribution >= 4 is 28.5 Å². The van der Waals surface area contributed by atoms with Crippen molar-refractivity contribution in [2.24, 2.45) is 0 Å². The van der Waals surface area contributed by atoms with Gasteiger partial charge in [0.2, 0.25) is 0 Å². The second kappa shape index (κ2) is 14.4. The summed E-state index contributed by atoms with van der Waals surface area (Å²) in [6.07, 6.45) is 0.852. The maximum absolute atomic E-state index is 8.69. The maximum Gasteiger partial charge on any atom is 0.161 e. The Bertz CT molecular complexity index is 1210. The number of benzene rings is 4. The van der Waals surface area contributed by atoms with Crippen LogP contribution in [0.25, 0.3) is 0 Å². The van der Waals surface area contributed by atoms with Crippen LogP contribution in [0.4, 0.5) is 0 Å². The first-order valence-electron chi connectivity index (χ1n) is 11.9. The molecule has 0 saturated carbocycles. The molecular formula is C31H33ClN2OS. The molecule has 0 heterocycles. The van der Waals surface area contributed by atoms with E-state index in [0.717, 1.165) is 28.6 Å². The second-order valence-corrected chi connectivity index (χ2v) is 10.0. The average molecular weight is 517 g/mol. The number of ether oxygens (including phenoxy) is 1. The Morgan fingerprint density at radius 3 is 2.08 bits per heavy atom. The molecule has 0 unspecified atom stereocenters. The molecule has 0 radical (unpaired) electrons. The Labute approximate surface area is 224 Å². The highest BCUT2D eigenvalue weighted by molar-refractivity contribution is 8.13. The van der Waals surface area contributed by atoms with Crippen LogP contribution in [-0.2, 0) is 13.0 Å². The summed E-state index contributed by atoms with van der Waals surface area (Å²) < 4.78 is 5.30. The van der Waals surface area contributed by atoms with E-state index in [0.29, 0.717) is 11.7 Å². The topological polar surface area (TPSA) is 36.3 Å². The summed E-state index contributed by atoms with van der Waals surface area (Å²) in [5, 5.41) is 9.95. The first kappa shape index (κ1) is 27.4. The lowest BCUT2D eigenvalue weighted by molar-refractivity contribution is 0.413. The molecular weight excluding hydrogens is 484 g/mol. The Morgan fingerprint density at radius 1 is 0.806 bits per heavy atom. The van der Waals surface area contributed by atoms with E-state index in [1.807, 2.05) is 66.7 Å². The predicted molar refractivity (Wildman–Crippen MR) is 155 cm³/mol. The highest BCUT2D eigenvalue weighted by Crippen LogP contribution is 2.26. The molecule has 0 atom stereocenters. The number of hydrogen-bond donors (Lipinski definition) is 1. The van der Waals surface area contributed by atoms with Gasteiger partial charge < -0.3 is 9.64 Å². The average Bonchev–Trinajstić information content (AvgIpc) is 2.88. The van der Waals surface area contributed by atoms with Gasteiger partial charge in [0.25, 0.3) is 0 Å². The summed E-state index contributed by atoms with van der Waals surface area (Å²) in [5.74, 6) is 0.800. The van der Waals surface area contributed by atoms with Gasteiger partial charge in [-0.2, -0.15) is 0 Å². The lowest BCUT2D eigenvalue weighted by Gasteiger charge is -2.25. The maximum atomic E-state index is 8.69. The van der Waals surface area contributed by atoms with Crippen LogP contribution in [0.15, 0.2) is 108 Å². The Hall–Kier alpha value is -3.21. The quantitative estimate of drug-likeness (QED) is 0.152. The first-order chi connectivity index (χ1) is 17.4. The van der Waals surface area contributed by atoms with Crippen molar-refractivity contribution in [3.05, 3.63) is 130 Å². The third-order valence-electron chi connectivity index (χ3n) is 5.52. The van der Waals surface area contributed by atoms with Crippen LogP contribution in [0.5, 0.6) is 5.75 Å². The van der Waals surface area contributed by atoms with Crippen molar-refractivity contribution in [2.45, 2.75) is 31.7 Å². The Kier molecular flexibility index (Phi) is 10.9. The van der Waals surface area contributed by atoms with Gasteiger partial charge >= 0.3 is 0 Å².